The fraction of sp³-hybridized carbons (Fsp3) is 0.261. The lowest BCUT2D eigenvalue weighted by Gasteiger charge is -2.28. The van der Waals surface area contributed by atoms with Gasteiger partial charge in [-0.25, -0.2) is 9.97 Å². The summed E-state index contributed by atoms with van der Waals surface area (Å²) in [6.45, 7) is 4.64. The minimum Gasteiger partial charge on any atom is -0.406 e. The molecule has 0 aliphatic carbocycles. The highest BCUT2D eigenvalue weighted by atomic mass is 19.4. The first-order valence-electron chi connectivity index (χ1n) is 10.5. The zero-order valence-electron chi connectivity index (χ0n) is 18.2. The van der Waals surface area contributed by atoms with Gasteiger partial charge in [-0.3, -0.25) is 4.79 Å². The number of aryl methyl sites for hydroxylation is 1. The third-order valence-electron chi connectivity index (χ3n) is 4.90. The van der Waals surface area contributed by atoms with Crippen LogP contribution in [0.2, 0.25) is 0 Å². The summed E-state index contributed by atoms with van der Waals surface area (Å²) in [5.74, 6) is 1.06. The number of morpholine rings is 1. The van der Waals surface area contributed by atoms with Gasteiger partial charge in [0, 0.05) is 36.1 Å². The lowest BCUT2D eigenvalue weighted by molar-refractivity contribution is -0.274. The highest BCUT2D eigenvalue weighted by Gasteiger charge is 2.31. The van der Waals surface area contributed by atoms with Crippen LogP contribution in [0.25, 0.3) is 0 Å². The number of aromatic nitrogens is 2. The Morgan fingerprint density at radius 2 is 1.74 bits per heavy atom. The molecule has 0 atom stereocenters. The second-order valence-electron chi connectivity index (χ2n) is 7.49. The predicted octanol–water partition coefficient (Wildman–Crippen LogP) is 4.52. The summed E-state index contributed by atoms with van der Waals surface area (Å²) in [5.41, 5.74) is 1.26. The van der Waals surface area contributed by atoms with Gasteiger partial charge >= 0.3 is 6.36 Å². The van der Waals surface area contributed by atoms with E-state index in [0.29, 0.717) is 30.5 Å². The Bertz CT molecular complexity index is 1150. The van der Waals surface area contributed by atoms with E-state index in [9.17, 15) is 18.0 Å². The summed E-state index contributed by atoms with van der Waals surface area (Å²) >= 11 is 0. The summed E-state index contributed by atoms with van der Waals surface area (Å²) in [5, 5.41) is 5.87. The first-order valence-corrected chi connectivity index (χ1v) is 10.5. The SMILES string of the molecule is Cc1nc(Nc2ccc(NC(=O)c3cccc(OC(F)(F)F)c3)cc2)cc(N2CCOCC2)n1. The summed E-state index contributed by atoms with van der Waals surface area (Å²) < 4.78 is 46.5. The third-order valence-corrected chi connectivity index (χ3v) is 4.90. The Morgan fingerprint density at radius 1 is 1.03 bits per heavy atom. The Hall–Kier alpha value is -3.86. The molecule has 1 saturated heterocycles. The van der Waals surface area contributed by atoms with Crippen molar-refractivity contribution in [2.45, 2.75) is 13.3 Å². The number of amides is 1. The number of halogens is 3. The van der Waals surface area contributed by atoms with E-state index in [1.54, 1.807) is 24.3 Å². The Labute approximate surface area is 193 Å². The normalized spacial score (nSPS) is 13.9. The fourth-order valence-corrected chi connectivity index (χ4v) is 3.39. The molecule has 1 aromatic heterocycles. The molecule has 2 N–H and O–H groups in total. The highest BCUT2D eigenvalue weighted by molar-refractivity contribution is 6.04. The molecular formula is C23H22F3N5O3. The average Bonchev–Trinajstić information content (AvgIpc) is 2.80. The minimum atomic E-state index is -4.83. The van der Waals surface area contributed by atoms with Crippen LogP contribution in [0.3, 0.4) is 0 Å². The standard InChI is InChI=1S/C23H22F3N5O3/c1-15-27-20(14-21(28-15)31-9-11-33-12-10-31)29-17-5-7-18(8-6-17)30-22(32)16-3-2-4-19(13-16)34-23(24,25)26/h2-8,13-14H,9-12H2,1H3,(H,30,32)(H,27,28,29). The van der Waals surface area contributed by atoms with Gasteiger partial charge < -0.3 is 25.0 Å². The molecule has 8 nitrogen and oxygen atoms in total. The van der Waals surface area contributed by atoms with Crippen LogP contribution in [0.4, 0.5) is 36.2 Å². The summed E-state index contributed by atoms with van der Waals surface area (Å²) in [4.78, 5) is 23.5. The number of anilines is 4. The van der Waals surface area contributed by atoms with E-state index in [0.717, 1.165) is 36.7 Å². The van der Waals surface area contributed by atoms with Crippen LogP contribution in [0.15, 0.2) is 54.6 Å². The number of alkyl halides is 3. The van der Waals surface area contributed by atoms with Crippen LogP contribution in [-0.2, 0) is 4.74 Å². The number of nitrogens with zero attached hydrogens (tertiary/aromatic N) is 3. The Balaban J connectivity index is 1.40. The molecule has 2 heterocycles. The molecule has 0 unspecified atom stereocenters. The number of ether oxygens (including phenoxy) is 2. The summed E-state index contributed by atoms with van der Waals surface area (Å²) in [7, 11) is 0. The van der Waals surface area contributed by atoms with Crippen LogP contribution in [0.5, 0.6) is 5.75 Å². The molecule has 1 aliphatic rings. The van der Waals surface area contributed by atoms with Crippen molar-refractivity contribution in [1.82, 2.24) is 9.97 Å². The lowest BCUT2D eigenvalue weighted by atomic mass is 10.2. The average molecular weight is 473 g/mol. The number of benzene rings is 2. The zero-order chi connectivity index (χ0) is 24.1. The zero-order valence-corrected chi connectivity index (χ0v) is 18.2. The van der Waals surface area contributed by atoms with Crippen molar-refractivity contribution in [2.75, 3.05) is 41.8 Å². The van der Waals surface area contributed by atoms with E-state index in [1.807, 2.05) is 13.0 Å². The smallest absolute Gasteiger partial charge is 0.406 e. The van der Waals surface area contributed by atoms with Crippen molar-refractivity contribution in [2.24, 2.45) is 0 Å². The molecule has 11 heteroatoms. The molecule has 0 spiro atoms. The van der Waals surface area contributed by atoms with E-state index in [2.05, 4.69) is 30.2 Å². The molecular weight excluding hydrogens is 451 g/mol. The van der Waals surface area contributed by atoms with E-state index < -0.39 is 18.0 Å². The van der Waals surface area contributed by atoms with Gasteiger partial charge in [0.2, 0.25) is 0 Å². The van der Waals surface area contributed by atoms with Crippen LogP contribution in [0.1, 0.15) is 16.2 Å². The Morgan fingerprint density at radius 3 is 2.44 bits per heavy atom. The number of nitrogens with one attached hydrogen (secondary N) is 2. The molecule has 2 aromatic carbocycles. The molecule has 4 rings (SSSR count). The maximum absolute atomic E-state index is 12.4. The monoisotopic (exact) mass is 473 g/mol. The van der Waals surface area contributed by atoms with Crippen molar-refractivity contribution in [3.63, 3.8) is 0 Å². The van der Waals surface area contributed by atoms with Crippen molar-refractivity contribution >= 4 is 28.9 Å². The lowest BCUT2D eigenvalue weighted by Crippen LogP contribution is -2.36. The summed E-state index contributed by atoms with van der Waals surface area (Å²) in [6, 6.07) is 13.6. The van der Waals surface area contributed by atoms with Gasteiger partial charge in [0.1, 0.15) is 23.2 Å². The van der Waals surface area contributed by atoms with Crippen molar-refractivity contribution in [3.8, 4) is 5.75 Å². The molecule has 0 radical (unpaired) electrons. The van der Waals surface area contributed by atoms with E-state index in [1.165, 1.54) is 12.1 Å². The van der Waals surface area contributed by atoms with Crippen LogP contribution in [-0.4, -0.2) is 48.5 Å². The molecule has 178 valence electrons. The highest BCUT2D eigenvalue weighted by Crippen LogP contribution is 2.25. The number of rotatable bonds is 6. The molecule has 3 aromatic rings. The van der Waals surface area contributed by atoms with Gasteiger partial charge in [0.25, 0.3) is 5.91 Å². The molecule has 1 fully saturated rings. The maximum atomic E-state index is 12.4. The molecule has 0 bridgehead atoms. The van der Waals surface area contributed by atoms with Crippen molar-refractivity contribution in [1.29, 1.82) is 0 Å². The van der Waals surface area contributed by atoms with Gasteiger partial charge in [0.05, 0.1) is 13.2 Å². The van der Waals surface area contributed by atoms with Crippen molar-refractivity contribution < 1.29 is 27.4 Å². The largest absolute Gasteiger partial charge is 0.573 e. The maximum Gasteiger partial charge on any atom is 0.573 e. The van der Waals surface area contributed by atoms with Gasteiger partial charge in [0.15, 0.2) is 0 Å². The molecule has 34 heavy (non-hydrogen) atoms. The third kappa shape index (κ3) is 6.35. The first kappa shape index (κ1) is 23.3. The van der Waals surface area contributed by atoms with Gasteiger partial charge in [-0.15, -0.1) is 13.2 Å². The quantitative estimate of drug-likeness (QED) is 0.544. The van der Waals surface area contributed by atoms with Crippen molar-refractivity contribution in [3.05, 3.63) is 66.0 Å². The second kappa shape index (κ2) is 9.96. The van der Waals surface area contributed by atoms with Gasteiger partial charge in [-0.05, 0) is 49.4 Å². The van der Waals surface area contributed by atoms with E-state index in [4.69, 9.17) is 4.74 Å². The molecule has 1 amide bonds. The van der Waals surface area contributed by atoms with Crippen LogP contribution < -0.4 is 20.3 Å². The number of carbonyl (C=O) groups is 1. The Kier molecular flexibility index (Phi) is 6.82. The number of hydrogen-bond acceptors (Lipinski definition) is 7. The fourth-order valence-electron chi connectivity index (χ4n) is 3.39. The predicted molar refractivity (Wildman–Crippen MR) is 121 cm³/mol. The molecule has 1 aliphatic heterocycles. The van der Waals surface area contributed by atoms with Gasteiger partial charge in [-0.2, -0.15) is 0 Å². The topological polar surface area (TPSA) is 88.6 Å². The second-order valence-corrected chi connectivity index (χ2v) is 7.49. The molecule has 0 saturated carbocycles. The number of hydrogen-bond donors (Lipinski definition) is 2. The van der Waals surface area contributed by atoms with E-state index >= 15 is 0 Å². The van der Waals surface area contributed by atoms with E-state index in [-0.39, 0.29) is 5.56 Å². The van der Waals surface area contributed by atoms with Crippen LogP contribution >= 0.6 is 0 Å². The summed E-state index contributed by atoms with van der Waals surface area (Å²) in [6.07, 6.45) is -4.83. The first-order chi connectivity index (χ1) is 16.2. The number of carbonyl (C=O) groups excluding carboxylic acids is 1. The minimum absolute atomic E-state index is 0.0380. The van der Waals surface area contributed by atoms with Gasteiger partial charge in [-0.1, -0.05) is 6.07 Å². The van der Waals surface area contributed by atoms with Crippen LogP contribution in [0, 0.1) is 6.92 Å².